The van der Waals surface area contributed by atoms with Crippen LogP contribution in [0.25, 0.3) is 0 Å². The van der Waals surface area contributed by atoms with Crippen LogP contribution >= 0.6 is 11.6 Å². The molecule has 0 fully saturated rings. The Labute approximate surface area is 88.0 Å². The Morgan fingerprint density at radius 1 is 1.50 bits per heavy atom. The Hall–Kier alpha value is -0.800. The van der Waals surface area contributed by atoms with Gasteiger partial charge in [-0.25, -0.2) is 4.39 Å². The molecule has 0 bridgehead atoms. The molecule has 1 aromatic carbocycles. The van der Waals surface area contributed by atoms with E-state index in [0.717, 1.165) is 12.8 Å². The molecule has 14 heavy (non-hydrogen) atoms. The average molecular weight is 217 g/mol. The van der Waals surface area contributed by atoms with Crippen molar-refractivity contribution in [3.63, 3.8) is 0 Å². The third-order valence-electron chi connectivity index (χ3n) is 2.12. The van der Waals surface area contributed by atoms with Gasteiger partial charge in [0.05, 0.1) is 5.69 Å². The second-order valence-electron chi connectivity index (χ2n) is 3.29. The van der Waals surface area contributed by atoms with Crippen molar-refractivity contribution in [1.82, 2.24) is 0 Å². The Morgan fingerprint density at radius 3 is 2.71 bits per heavy atom. The van der Waals surface area contributed by atoms with E-state index in [1.165, 1.54) is 12.1 Å². The fraction of sp³-hybridized carbons (Fsp3) is 0.400. The summed E-state index contributed by atoms with van der Waals surface area (Å²) in [5, 5.41) is 0.435. The van der Waals surface area contributed by atoms with Crippen LogP contribution in [0.5, 0.6) is 0 Å². The molecule has 0 aromatic heterocycles. The van der Waals surface area contributed by atoms with E-state index in [4.69, 9.17) is 23.1 Å². The third-order valence-corrected chi connectivity index (χ3v) is 2.44. The van der Waals surface area contributed by atoms with Crippen molar-refractivity contribution in [1.29, 1.82) is 0 Å². The number of hydrogen-bond donors (Lipinski definition) is 2. The molecule has 0 aliphatic heterocycles. The molecule has 1 rings (SSSR count). The van der Waals surface area contributed by atoms with Crippen LogP contribution in [-0.4, -0.2) is 0 Å². The fourth-order valence-electron chi connectivity index (χ4n) is 1.33. The van der Waals surface area contributed by atoms with Crippen molar-refractivity contribution in [2.24, 2.45) is 5.73 Å². The standard InChI is InChI=1S/C10H14ClFN2/c1-2-3-9(13)6-4-8(12)10(14)5-7(6)11/h4-5,9H,2-3,13-14H2,1H3. The van der Waals surface area contributed by atoms with Gasteiger partial charge < -0.3 is 11.5 Å². The second kappa shape index (κ2) is 4.62. The Bertz CT molecular complexity index is 328. The lowest BCUT2D eigenvalue weighted by Crippen LogP contribution is -2.11. The maximum absolute atomic E-state index is 13.1. The monoisotopic (exact) mass is 216 g/mol. The lowest BCUT2D eigenvalue weighted by atomic mass is 10.0. The van der Waals surface area contributed by atoms with Crippen LogP contribution in [-0.2, 0) is 0 Å². The molecule has 0 saturated carbocycles. The number of hydrogen-bond acceptors (Lipinski definition) is 2. The predicted octanol–water partition coefficient (Wildman–Crippen LogP) is 2.86. The summed E-state index contributed by atoms with van der Waals surface area (Å²) in [6.07, 6.45) is 1.71. The van der Waals surface area contributed by atoms with Gasteiger partial charge in [-0.3, -0.25) is 0 Å². The summed E-state index contributed by atoms with van der Waals surface area (Å²) in [5.41, 5.74) is 11.9. The molecule has 4 N–H and O–H groups in total. The lowest BCUT2D eigenvalue weighted by Gasteiger charge is -2.13. The maximum Gasteiger partial charge on any atom is 0.146 e. The maximum atomic E-state index is 13.1. The quantitative estimate of drug-likeness (QED) is 0.764. The van der Waals surface area contributed by atoms with Crippen LogP contribution in [0.1, 0.15) is 31.4 Å². The van der Waals surface area contributed by atoms with E-state index >= 15 is 0 Å². The first-order valence-electron chi connectivity index (χ1n) is 4.56. The van der Waals surface area contributed by atoms with Crippen LogP contribution in [0.3, 0.4) is 0 Å². The molecule has 4 heteroatoms. The van der Waals surface area contributed by atoms with Gasteiger partial charge in [0.2, 0.25) is 0 Å². The van der Waals surface area contributed by atoms with Crippen molar-refractivity contribution in [3.8, 4) is 0 Å². The van der Waals surface area contributed by atoms with E-state index < -0.39 is 5.82 Å². The summed E-state index contributed by atoms with van der Waals surface area (Å²) in [7, 11) is 0. The van der Waals surface area contributed by atoms with Crippen LogP contribution in [0.2, 0.25) is 5.02 Å². The van der Waals surface area contributed by atoms with Gasteiger partial charge in [-0.15, -0.1) is 0 Å². The van der Waals surface area contributed by atoms with Gasteiger partial charge in [-0.2, -0.15) is 0 Å². The largest absolute Gasteiger partial charge is 0.396 e. The highest BCUT2D eigenvalue weighted by molar-refractivity contribution is 6.31. The summed E-state index contributed by atoms with van der Waals surface area (Å²) in [6.45, 7) is 2.02. The van der Waals surface area contributed by atoms with E-state index in [1.807, 2.05) is 6.92 Å². The minimum absolute atomic E-state index is 0.0578. The first-order chi connectivity index (χ1) is 6.56. The molecule has 0 heterocycles. The molecule has 0 saturated heterocycles. The molecule has 1 unspecified atom stereocenters. The van der Waals surface area contributed by atoms with Crippen molar-refractivity contribution >= 4 is 17.3 Å². The summed E-state index contributed by atoms with van der Waals surface area (Å²) in [5.74, 6) is -0.462. The molecule has 0 aliphatic carbocycles. The van der Waals surface area contributed by atoms with Crippen molar-refractivity contribution < 1.29 is 4.39 Å². The average Bonchev–Trinajstić information content (AvgIpc) is 2.11. The minimum atomic E-state index is -0.462. The molecule has 1 aromatic rings. The molecule has 0 aliphatic rings. The summed E-state index contributed by atoms with van der Waals surface area (Å²) in [4.78, 5) is 0. The molecule has 0 amide bonds. The van der Waals surface area contributed by atoms with E-state index in [-0.39, 0.29) is 11.7 Å². The van der Waals surface area contributed by atoms with Gasteiger partial charge >= 0.3 is 0 Å². The van der Waals surface area contributed by atoms with Gasteiger partial charge in [-0.05, 0) is 24.1 Å². The van der Waals surface area contributed by atoms with E-state index in [9.17, 15) is 4.39 Å². The van der Waals surface area contributed by atoms with Gasteiger partial charge in [0.15, 0.2) is 0 Å². The first-order valence-corrected chi connectivity index (χ1v) is 4.94. The fourth-order valence-corrected chi connectivity index (χ4v) is 1.64. The molecule has 0 spiro atoms. The van der Waals surface area contributed by atoms with Crippen molar-refractivity contribution in [3.05, 3.63) is 28.5 Å². The third kappa shape index (κ3) is 2.36. The van der Waals surface area contributed by atoms with Gasteiger partial charge in [0, 0.05) is 11.1 Å². The molecule has 2 nitrogen and oxygen atoms in total. The first kappa shape index (κ1) is 11.3. The zero-order valence-electron chi connectivity index (χ0n) is 8.06. The van der Waals surface area contributed by atoms with Crippen LogP contribution in [0.15, 0.2) is 12.1 Å². The zero-order valence-corrected chi connectivity index (χ0v) is 8.81. The SMILES string of the molecule is CCCC(N)c1cc(F)c(N)cc1Cl. The zero-order chi connectivity index (χ0) is 10.7. The lowest BCUT2D eigenvalue weighted by molar-refractivity contribution is 0.608. The summed E-state index contributed by atoms with van der Waals surface area (Å²) < 4.78 is 13.1. The highest BCUT2D eigenvalue weighted by atomic mass is 35.5. The summed E-state index contributed by atoms with van der Waals surface area (Å²) >= 11 is 5.91. The number of nitrogen functional groups attached to an aromatic ring is 1. The number of nitrogens with two attached hydrogens (primary N) is 2. The molecule has 0 radical (unpaired) electrons. The summed E-state index contributed by atoms with van der Waals surface area (Å²) in [6, 6.07) is 2.50. The number of halogens is 2. The minimum Gasteiger partial charge on any atom is -0.396 e. The number of benzene rings is 1. The van der Waals surface area contributed by atoms with E-state index in [0.29, 0.717) is 10.6 Å². The second-order valence-corrected chi connectivity index (χ2v) is 3.70. The van der Waals surface area contributed by atoms with Crippen molar-refractivity contribution in [2.75, 3.05) is 5.73 Å². The molecular weight excluding hydrogens is 203 g/mol. The Kier molecular flexibility index (Phi) is 3.72. The molecule has 1 atom stereocenters. The van der Waals surface area contributed by atoms with Gasteiger partial charge in [-0.1, -0.05) is 24.9 Å². The highest BCUT2D eigenvalue weighted by Gasteiger charge is 2.12. The molecule has 78 valence electrons. The highest BCUT2D eigenvalue weighted by Crippen LogP contribution is 2.28. The van der Waals surface area contributed by atoms with Crippen LogP contribution in [0, 0.1) is 5.82 Å². The smallest absolute Gasteiger partial charge is 0.146 e. The number of anilines is 1. The molecular formula is C10H14ClFN2. The van der Waals surface area contributed by atoms with Gasteiger partial charge in [0.25, 0.3) is 0 Å². The topological polar surface area (TPSA) is 52.0 Å². The normalized spacial score (nSPS) is 12.9. The van der Waals surface area contributed by atoms with E-state index in [1.54, 1.807) is 0 Å². The van der Waals surface area contributed by atoms with Crippen LogP contribution in [0.4, 0.5) is 10.1 Å². The Morgan fingerprint density at radius 2 is 2.14 bits per heavy atom. The number of rotatable bonds is 3. The van der Waals surface area contributed by atoms with E-state index in [2.05, 4.69) is 0 Å². The predicted molar refractivity (Wildman–Crippen MR) is 57.7 cm³/mol. The van der Waals surface area contributed by atoms with Crippen molar-refractivity contribution in [2.45, 2.75) is 25.8 Å². The van der Waals surface area contributed by atoms with Crippen LogP contribution < -0.4 is 11.5 Å². The Balaban J connectivity index is 3.02. The van der Waals surface area contributed by atoms with Gasteiger partial charge in [0.1, 0.15) is 5.82 Å².